The number of rotatable bonds is 3. The van der Waals surface area contributed by atoms with Gasteiger partial charge >= 0.3 is 0 Å². The van der Waals surface area contributed by atoms with Crippen molar-refractivity contribution in [3.63, 3.8) is 0 Å². The van der Waals surface area contributed by atoms with E-state index in [-0.39, 0.29) is 5.41 Å². The van der Waals surface area contributed by atoms with Crippen molar-refractivity contribution < 1.29 is 8.78 Å². The summed E-state index contributed by atoms with van der Waals surface area (Å²) in [6.45, 7) is 11.0. The van der Waals surface area contributed by atoms with Gasteiger partial charge in [0.2, 0.25) is 0 Å². The van der Waals surface area contributed by atoms with Crippen LogP contribution in [0, 0.1) is 11.6 Å². The molecule has 4 aromatic rings. The first-order valence-corrected chi connectivity index (χ1v) is 11.0. The third-order valence-corrected chi connectivity index (χ3v) is 6.57. The SMILES string of the molecule is CC(C)c1cc(C(C)(C)C)ccc1-c1nccc2sc(-c3ccc(F)cc3F)cc12. The predicted molar refractivity (Wildman–Crippen MR) is 123 cm³/mol. The summed E-state index contributed by atoms with van der Waals surface area (Å²) in [6, 6.07) is 14.3. The number of thiophene rings is 1. The zero-order valence-electron chi connectivity index (χ0n) is 17.9. The van der Waals surface area contributed by atoms with Gasteiger partial charge in [-0.05, 0) is 46.7 Å². The normalized spacial score (nSPS) is 12.1. The Balaban J connectivity index is 1.91. The number of hydrogen-bond donors (Lipinski definition) is 0. The van der Waals surface area contributed by atoms with Gasteiger partial charge in [-0.25, -0.2) is 8.78 Å². The fourth-order valence-corrected chi connectivity index (χ4v) is 4.81. The first-order valence-electron chi connectivity index (χ1n) is 10.1. The molecule has 0 amide bonds. The second-order valence-electron chi connectivity index (χ2n) is 9.01. The summed E-state index contributed by atoms with van der Waals surface area (Å²) in [5.74, 6) is -0.777. The highest BCUT2D eigenvalue weighted by Crippen LogP contribution is 2.41. The second kappa shape index (κ2) is 7.59. The molecule has 0 aliphatic rings. The number of halogens is 2. The van der Waals surface area contributed by atoms with Gasteiger partial charge in [0.25, 0.3) is 0 Å². The molecule has 0 bridgehead atoms. The van der Waals surface area contributed by atoms with Crippen LogP contribution in [0.15, 0.2) is 54.7 Å². The maximum Gasteiger partial charge on any atom is 0.134 e. The molecule has 0 saturated heterocycles. The van der Waals surface area contributed by atoms with E-state index in [4.69, 9.17) is 4.98 Å². The molecule has 1 nitrogen and oxygen atoms in total. The lowest BCUT2D eigenvalue weighted by molar-refractivity contribution is 0.586. The quantitative estimate of drug-likeness (QED) is 0.324. The number of hydrogen-bond acceptors (Lipinski definition) is 2. The number of aromatic nitrogens is 1. The molecule has 30 heavy (non-hydrogen) atoms. The van der Waals surface area contributed by atoms with Crippen LogP contribution in [-0.4, -0.2) is 4.98 Å². The minimum Gasteiger partial charge on any atom is -0.256 e. The molecule has 0 aliphatic carbocycles. The standard InChI is InChI=1S/C26H25F2NS/c1-15(2)20-12-16(26(3,4)5)6-8-18(20)25-21-14-24(30-23(21)10-11-29-25)19-9-7-17(27)13-22(19)28/h6-15H,1-5H3. The van der Waals surface area contributed by atoms with Crippen molar-refractivity contribution in [1.29, 1.82) is 0 Å². The third-order valence-electron chi connectivity index (χ3n) is 5.44. The molecular weight excluding hydrogens is 396 g/mol. The van der Waals surface area contributed by atoms with Crippen molar-refractivity contribution in [3.05, 3.63) is 77.5 Å². The van der Waals surface area contributed by atoms with E-state index in [9.17, 15) is 8.78 Å². The van der Waals surface area contributed by atoms with Gasteiger partial charge in [-0.3, -0.25) is 4.98 Å². The Bertz CT molecular complexity index is 1230. The van der Waals surface area contributed by atoms with Crippen LogP contribution < -0.4 is 0 Å². The molecule has 0 spiro atoms. The van der Waals surface area contributed by atoms with Crippen LogP contribution in [-0.2, 0) is 5.41 Å². The average molecular weight is 422 g/mol. The van der Waals surface area contributed by atoms with E-state index < -0.39 is 11.6 Å². The highest BCUT2D eigenvalue weighted by molar-refractivity contribution is 7.22. The lowest BCUT2D eigenvalue weighted by Crippen LogP contribution is -2.12. The molecule has 0 N–H and O–H groups in total. The fraction of sp³-hybridized carbons (Fsp3) is 0.269. The highest BCUT2D eigenvalue weighted by atomic mass is 32.1. The molecule has 2 aromatic heterocycles. The predicted octanol–water partition coefficient (Wildman–Crippen LogP) is 8.33. The van der Waals surface area contributed by atoms with Gasteiger partial charge in [0, 0.05) is 38.4 Å². The van der Waals surface area contributed by atoms with Gasteiger partial charge in [0.1, 0.15) is 11.6 Å². The van der Waals surface area contributed by atoms with E-state index in [1.54, 1.807) is 6.20 Å². The Morgan fingerprint density at radius 1 is 0.900 bits per heavy atom. The van der Waals surface area contributed by atoms with Crippen molar-refractivity contribution in [2.45, 2.75) is 46.0 Å². The molecule has 154 valence electrons. The number of fused-ring (bicyclic) bond motifs is 1. The minimum absolute atomic E-state index is 0.0667. The fourth-order valence-electron chi connectivity index (χ4n) is 3.72. The summed E-state index contributed by atoms with van der Waals surface area (Å²) >= 11 is 1.50. The summed E-state index contributed by atoms with van der Waals surface area (Å²) in [4.78, 5) is 5.48. The smallest absolute Gasteiger partial charge is 0.134 e. The van der Waals surface area contributed by atoms with Crippen molar-refractivity contribution in [1.82, 2.24) is 4.98 Å². The Kier molecular flexibility index (Phi) is 5.23. The molecule has 2 aromatic carbocycles. The first-order chi connectivity index (χ1) is 14.1. The van der Waals surface area contributed by atoms with Crippen molar-refractivity contribution in [3.8, 4) is 21.7 Å². The van der Waals surface area contributed by atoms with E-state index in [2.05, 4.69) is 52.8 Å². The summed E-state index contributed by atoms with van der Waals surface area (Å²) in [5, 5.41) is 0.992. The lowest BCUT2D eigenvalue weighted by atomic mass is 9.82. The van der Waals surface area contributed by atoms with Crippen LogP contribution in [0.2, 0.25) is 0 Å². The average Bonchev–Trinajstić information content (AvgIpc) is 3.10. The molecule has 4 rings (SSSR count). The molecule has 0 radical (unpaired) electrons. The van der Waals surface area contributed by atoms with Gasteiger partial charge in [0.15, 0.2) is 0 Å². The Hall–Kier alpha value is -2.59. The maximum atomic E-state index is 14.4. The number of nitrogens with zero attached hydrogens (tertiary/aromatic N) is 1. The topological polar surface area (TPSA) is 12.9 Å². The van der Waals surface area contributed by atoms with E-state index >= 15 is 0 Å². The molecule has 2 heterocycles. The summed E-state index contributed by atoms with van der Waals surface area (Å²) in [5.41, 5.74) is 5.03. The molecule has 0 atom stereocenters. The molecule has 0 saturated carbocycles. The minimum atomic E-state index is -0.569. The van der Waals surface area contributed by atoms with Gasteiger partial charge in [-0.1, -0.05) is 52.8 Å². The van der Waals surface area contributed by atoms with Gasteiger partial charge in [-0.2, -0.15) is 0 Å². The Morgan fingerprint density at radius 2 is 1.63 bits per heavy atom. The molecule has 4 heteroatoms. The molecule has 0 fully saturated rings. The van der Waals surface area contributed by atoms with E-state index in [0.717, 1.165) is 32.3 Å². The zero-order valence-corrected chi connectivity index (χ0v) is 18.7. The van der Waals surface area contributed by atoms with Gasteiger partial charge in [0.05, 0.1) is 5.69 Å². The van der Waals surface area contributed by atoms with Gasteiger partial charge < -0.3 is 0 Å². The Labute approximate surface area is 180 Å². The van der Waals surface area contributed by atoms with Crippen LogP contribution >= 0.6 is 11.3 Å². The van der Waals surface area contributed by atoms with Crippen molar-refractivity contribution in [2.75, 3.05) is 0 Å². The lowest BCUT2D eigenvalue weighted by Gasteiger charge is -2.23. The highest BCUT2D eigenvalue weighted by Gasteiger charge is 2.20. The van der Waals surface area contributed by atoms with E-state index in [1.807, 2.05) is 12.1 Å². The number of pyridine rings is 1. The maximum absolute atomic E-state index is 14.4. The summed E-state index contributed by atoms with van der Waals surface area (Å²) in [6.07, 6.45) is 1.81. The second-order valence-corrected chi connectivity index (χ2v) is 10.1. The van der Waals surface area contributed by atoms with Crippen LogP contribution in [0.25, 0.3) is 31.8 Å². The molecular formula is C26H25F2NS. The monoisotopic (exact) mass is 421 g/mol. The summed E-state index contributed by atoms with van der Waals surface area (Å²) < 4.78 is 28.7. The van der Waals surface area contributed by atoms with Crippen LogP contribution in [0.4, 0.5) is 8.78 Å². The largest absolute Gasteiger partial charge is 0.256 e. The summed E-state index contributed by atoms with van der Waals surface area (Å²) in [7, 11) is 0. The Morgan fingerprint density at radius 3 is 2.30 bits per heavy atom. The molecule has 0 unspecified atom stereocenters. The zero-order chi connectivity index (χ0) is 21.6. The molecule has 0 aliphatic heterocycles. The third kappa shape index (κ3) is 3.77. The van der Waals surface area contributed by atoms with E-state index in [0.29, 0.717) is 11.5 Å². The van der Waals surface area contributed by atoms with Gasteiger partial charge in [-0.15, -0.1) is 11.3 Å². The van der Waals surface area contributed by atoms with E-state index in [1.165, 1.54) is 34.6 Å². The number of benzene rings is 2. The van der Waals surface area contributed by atoms with Crippen molar-refractivity contribution >= 4 is 21.4 Å². The van der Waals surface area contributed by atoms with Crippen LogP contribution in [0.3, 0.4) is 0 Å². The van der Waals surface area contributed by atoms with Crippen LogP contribution in [0.5, 0.6) is 0 Å². The van der Waals surface area contributed by atoms with Crippen molar-refractivity contribution in [2.24, 2.45) is 0 Å². The van der Waals surface area contributed by atoms with Crippen LogP contribution in [0.1, 0.15) is 51.7 Å². The first kappa shape index (κ1) is 20.7.